The standard InChI is InChI=1S/C22H27N7O4S/c1-16-2-3-18(30)19(14-16)34(32,33)28-12-10-27(11-13-28)22(31)17-6-8-26(9-7-17)21-5-4-20-24-23-15-29(20)25-21/h2-5,14-15,17,30H,6-13H2,1H3. The minimum atomic E-state index is -3.82. The molecule has 0 atom stereocenters. The minimum Gasteiger partial charge on any atom is -0.507 e. The highest BCUT2D eigenvalue weighted by atomic mass is 32.2. The molecule has 2 saturated heterocycles. The largest absolute Gasteiger partial charge is 0.507 e. The molecule has 3 aromatic rings. The Balaban J connectivity index is 1.17. The van der Waals surface area contributed by atoms with Gasteiger partial charge >= 0.3 is 0 Å². The third kappa shape index (κ3) is 4.18. The Morgan fingerprint density at radius 3 is 2.50 bits per heavy atom. The van der Waals surface area contributed by atoms with E-state index in [9.17, 15) is 18.3 Å². The molecule has 2 aliphatic heterocycles. The molecule has 11 nitrogen and oxygen atoms in total. The van der Waals surface area contributed by atoms with Crippen LogP contribution in [-0.4, -0.2) is 87.7 Å². The Bertz CT molecular complexity index is 1310. The first-order valence-corrected chi connectivity index (χ1v) is 12.8. The number of benzene rings is 1. The van der Waals surface area contributed by atoms with Crippen molar-refractivity contribution in [3.8, 4) is 5.75 Å². The van der Waals surface area contributed by atoms with Crippen LogP contribution in [0.3, 0.4) is 0 Å². The number of piperidine rings is 1. The number of hydrogen-bond acceptors (Lipinski definition) is 8. The van der Waals surface area contributed by atoms with E-state index in [2.05, 4.69) is 20.2 Å². The first-order valence-electron chi connectivity index (χ1n) is 11.3. The molecule has 1 aromatic carbocycles. The zero-order chi connectivity index (χ0) is 23.9. The number of aromatic hydroxyl groups is 1. The molecule has 2 aromatic heterocycles. The molecule has 180 valence electrons. The zero-order valence-corrected chi connectivity index (χ0v) is 19.7. The number of phenolic OH excluding ortho intramolecular Hbond substituents is 1. The van der Waals surface area contributed by atoms with Gasteiger partial charge in [0.25, 0.3) is 0 Å². The van der Waals surface area contributed by atoms with Gasteiger partial charge in [0, 0.05) is 45.2 Å². The van der Waals surface area contributed by atoms with Crippen molar-refractivity contribution in [3.63, 3.8) is 0 Å². The van der Waals surface area contributed by atoms with Gasteiger partial charge < -0.3 is 14.9 Å². The van der Waals surface area contributed by atoms with Gasteiger partial charge in [0.1, 0.15) is 22.8 Å². The molecule has 0 spiro atoms. The molecule has 4 heterocycles. The van der Waals surface area contributed by atoms with Gasteiger partial charge in [-0.1, -0.05) is 6.07 Å². The van der Waals surface area contributed by atoms with Crippen molar-refractivity contribution in [2.24, 2.45) is 5.92 Å². The molecule has 0 saturated carbocycles. The van der Waals surface area contributed by atoms with Gasteiger partial charge in [-0.2, -0.15) is 8.82 Å². The van der Waals surface area contributed by atoms with E-state index in [1.54, 1.807) is 28.7 Å². The SMILES string of the molecule is Cc1ccc(O)c(S(=O)(=O)N2CCN(C(=O)C3CCN(c4ccc5nncn5n4)CC3)CC2)c1. The Kier molecular flexibility index (Phi) is 5.86. The number of amides is 1. The van der Waals surface area contributed by atoms with Crippen molar-refractivity contribution >= 4 is 27.4 Å². The number of fused-ring (bicyclic) bond motifs is 1. The minimum absolute atomic E-state index is 0.0809. The second kappa shape index (κ2) is 8.84. The number of aryl methyl sites for hydroxylation is 1. The van der Waals surface area contributed by atoms with E-state index in [1.807, 2.05) is 12.1 Å². The molecule has 34 heavy (non-hydrogen) atoms. The average molecular weight is 486 g/mol. The van der Waals surface area contributed by atoms with Gasteiger partial charge in [0.05, 0.1) is 0 Å². The van der Waals surface area contributed by atoms with Crippen molar-refractivity contribution in [2.45, 2.75) is 24.7 Å². The highest BCUT2D eigenvalue weighted by Gasteiger charge is 2.35. The fraction of sp³-hybridized carbons (Fsp3) is 0.455. The Morgan fingerprint density at radius 2 is 1.76 bits per heavy atom. The molecular formula is C22H27N7O4S. The van der Waals surface area contributed by atoms with Crippen LogP contribution in [0.2, 0.25) is 0 Å². The lowest BCUT2D eigenvalue weighted by molar-refractivity contribution is -0.137. The van der Waals surface area contributed by atoms with Crippen LogP contribution in [0, 0.1) is 12.8 Å². The molecule has 0 unspecified atom stereocenters. The summed E-state index contributed by atoms with van der Waals surface area (Å²) >= 11 is 0. The topological polar surface area (TPSA) is 124 Å². The van der Waals surface area contributed by atoms with Gasteiger partial charge in [-0.3, -0.25) is 4.79 Å². The molecule has 1 amide bonds. The number of aromatic nitrogens is 4. The van der Waals surface area contributed by atoms with Gasteiger partial charge in [0.15, 0.2) is 5.65 Å². The summed E-state index contributed by atoms with van der Waals surface area (Å²) in [6, 6.07) is 8.33. The zero-order valence-electron chi connectivity index (χ0n) is 18.9. The number of nitrogens with zero attached hydrogens (tertiary/aromatic N) is 7. The predicted molar refractivity (Wildman–Crippen MR) is 124 cm³/mol. The van der Waals surface area contributed by atoms with Crippen molar-refractivity contribution in [3.05, 3.63) is 42.2 Å². The van der Waals surface area contributed by atoms with Crippen LogP contribution in [0.4, 0.5) is 5.82 Å². The third-order valence-corrected chi connectivity index (χ3v) is 8.53. The van der Waals surface area contributed by atoms with Gasteiger partial charge in [0.2, 0.25) is 15.9 Å². The van der Waals surface area contributed by atoms with E-state index in [0.717, 1.165) is 37.3 Å². The molecule has 1 N–H and O–H groups in total. The number of carbonyl (C=O) groups is 1. The van der Waals surface area contributed by atoms with Crippen molar-refractivity contribution < 1.29 is 18.3 Å². The third-order valence-electron chi connectivity index (χ3n) is 6.60. The lowest BCUT2D eigenvalue weighted by Gasteiger charge is -2.38. The van der Waals surface area contributed by atoms with E-state index < -0.39 is 10.0 Å². The van der Waals surface area contributed by atoms with Crippen LogP contribution in [0.1, 0.15) is 18.4 Å². The first kappa shape index (κ1) is 22.5. The highest BCUT2D eigenvalue weighted by molar-refractivity contribution is 7.89. The van der Waals surface area contributed by atoms with Crippen LogP contribution in [-0.2, 0) is 14.8 Å². The summed E-state index contributed by atoms with van der Waals surface area (Å²) in [5, 5.41) is 22.4. The number of carbonyl (C=O) groups excluding carboxylic acids is 1. The fourth-order valence-electron chi connectivity index (χ4n) is 4.62. The van der Waals surface area contributed by atoms with Crippen molar-refractivity contribution in [1.29, 1.82) is 0 Å². The molecule has 5 rings (SSSR count). The summed E-state index contributed by atoms with van der Waals surface area (Å²) in [4.78, 5) is 17.0. The van der Waals surface area contributed by atoms with E-state index in [-0.39, 0.29) is 35.6 Å². The molecule has 0 bridgehead atoms. The molecular weight excluding hydrogens is 458 g/mol. The van der Waals surface area contributed by atoms with Crippen LogP contribution in [0.15, 0.2) is 41.6 Å². The van der Waals surface area contributed by atoms with Gasteiger partial charge in [-0.25, -0.2) is 8.42 Å². The quantitative estimate of drug-likeness (QED) is 0.578. The first-order chi connectivity index (χ1) is 16.3. The molecule has 2 fully saturated rings. The maximum atomic E-state index is 13.1. The van der Waals surface area contributed by atoms with Crippen LogP contribution in [0.5, 0.6) is 5.75 Å². The Labute approximate surface area is 197 Å². The highest BCUT2D eigenvalue weighted by Crippen LogP contribution is 2.28. The summed E-state index contributed by atoms with van der Waals surface area (Å²) < 4.78 is 29.0. The van der Waals surface area contributed by atoms with Crippen LogP contribution >= 0.6 is 0 Å². The summed E-state index contributed by atoms with van der Waals surface area (Å²) in [7, 11) is -3.82. The lowest BCUT2D eigenvalue weighted by Crippen LogP contribution is -2.52. The second-order valence-corrected chi connectivity index (χ2v) is 10.7. The number of sulfonamides is 1. The van der Waals surface area contributed by atoms with Gasteiger partial charge in [-0.05, 0) is 49.6 Å². The Hall–Kier alpha value is -3.25. The number of hydrogen-bond donors (Lipinski definition) is 1. The van der Waals surface area contributed by atoms with Crippen LogP contribution < -0.4 is 4.90 Å². The van der Waals surface area contributed by atoms with Crippen molar-refractivity contribution in [1.82, 2.24) is 29.0 Å². The predicted octanol–water partition coefficient (Wildman–Crippen LogP) is 0.888. The second-order valence-electron chi connectivity index (χ2n) is 8.79. The lowest BCUT2D eigenvalue weighted by atomic mass is 9.95. The summed E-state index contributed by atoms with van der Waals surface area (Å²) in [5.74, 6) is 0.571. The van der Waals surface area contributed by atoms with Gasteiger partial charge in [-0.15, -0.1) is 15.3 Å². The molecule has 0 aliphatic carbocycles. The number of rotatable bonds is 4. The normalized spacial score (nSPS) is 18.5. The fourth-order valence-corrected chi connectivity index (χ4v) is 6.21. The monoisotopic (exact) mass is 485 g/mol. The maximum absolute atomic E-state index is 13.1. The smallest absolute Gasteiger partial charge is 0.246 e. The molecule has 2 aliphatic rings. The van der Waals surface area contributed by atoms with E-state index >= 15 is 0 Å². The summed E-state index contributed by atoms with van der Waals surface area (Å²) in [6.07, 6.45) is 3.00. The van der Waals surface area contributed by atoms with E-state index in [1.165, 1.54) is 16.4 Å². The summed E-state index contributed by atoms with van der Waals surface area (Å²) in [5.41, 5.74) is 1.45. The van der Waals surface area contributed by atoms with E-state index in [0.29, 0.717) is 18.7 Å². The number of phenols is 1. The number of piperazine rings is 1. The maximum Gasteiger partial charge on any atom is 0.246 e. The van der Waals surface area contributed by atoms with Crippen LogP contribution in [0.25, 0.3) is 5.65 Å². The number of anilines is 1. The Morgan fingerprint density at radius 1 is 1.03 bits per heavy atom. The molecule has 12 heteroatoms. The van der Waals surface area contributed by atoms with Crippen molar-refractivity contribution in [2.75, 3.05) is 44.2 Å². The average Bonchev–Trinajstić information content (AvgIpc) is 3.33. The van der Waals surface area contributed by atoms with E-state index in [4.69, 9.17) is 0 Å². The summed E-state index contributed by atoms with van der Waals surface area (Å²) in [6.45, 7) is 4.33. The molecule has 0 radical (unpaired) electrons.